The zero-order valence-electron chi connectivity index (χ0n) is 15.7. The molecule has 0 unspecified atom stereocenters. The zero-order chi connectivity index (χ0) is 18.2. The molecular formula is C20H29ClN2O2. The van der Waals surface area contributed by atoms with Gasteiger partial charge in [0, 0.05) is 29.8 Å². The van der Waals surface area contributed by atoms with E-state index in [0.29, 0.717) is 11.5 Å². The SMILES string of the molecule is Cc1cc(Cl)ccc1NC1CC2(CCN(C(=O)OC(C)(C)C)CC2)C1. The van der Waals surface area contributed by atoms with Crippen LogP contribution in [0.15, 0.2) is 18.2 Å². The molecule has 1 saturated carbocycles. The summed E-state index contributed by atoms with van der Waals surface area (Å²) in [5.41, 5.74) is 2.34. The lowest BCUT2D eigenvalue weighted by atomic mass is 9.60. The fourth-order valence-electron chi connectivity index (χ4n) is 3.99. The molecule has 2 aliphatic rings. The Morgan fingerprint density at radius 1 is 1.28 bits per heavy atom. The van der Waals surface area contributed by atoms with E-state index in [4.69, 9.17) is 16.3 Å². The van der Waals surface area contributed by atoms with Gasteiger partial charge in [0.15, 0.2) is 0 Å². The van der Waals surface area contributed by atoms with E-state index < -0.39 is 5.60 Å². The third-order valence-corrected chi connectivity index (χ3v) is 5.62. The summed E-state index contributed by atoms with van der Waals surface area (Å²) in [6, 6.07) is 6.52. The molecule has 1 amide bonds. The summed E-state index contributed by atoms with van der Waals surface area (Å²) in [6.07, 6.45) is 4.33. The summed E-state index contributed by atoms with van der Waals surface area (Å²) in [6.45, 7) is 9.44. The number of carbonyl (C=O) groups is 1. The van der Waals surface area contributed by atoms with E-state index in [1.807, 2.05) is 37.8 Å². The van der Waals surface area contributed by atoms with E-state index in [1.54, 1.807) is 0 Å². The Bertz CT molecular complexity index is 638. The summed E-state index contributed by atoms with van der Waals surface area (Å²) >= 11 is 6.03. The maximum absolute atomic E-state index is 12.2. The lowest BCUT2D eigenvalue weighted by molar-refractivity contribution is -0.00860. The van der Waals surface area contributed by atoms with Crippen LogP contribution in [0.1, 0.15) is 52.0 Å². The molecule has 1 heterocycles. The van der Waals surface area contributed by atoms with Gasteiger partial charge in [-0.3, -0.25) is 0 Å². The van der Waals surface area contributed by atoms with Crippen molar-refractivity contribution in [1.29, 1.82) is 0 Å². The highest BCUT2D eigenvalue weighted by Crippen LogP contribution is 2.50. The number of amides is 1. The summed E-state index contributed by atoms with van der Waals surface area (Å²) < 4.78 is 5.48. The number of carbonyl (C=O) groups excluding carboxylic acids is 1. The predicted molar refractivity (Wildman–Crippen MR) is 102 cm³/mol. The molecular weight excluding hydrogens is 336 g/mol. The van der Waals surface area contributed by atoms with Gasteiger partial charge in [0.25, 0.3) is 0 Å². The minimum absolute atomic E-state index is 0.173. The van der Waals surface area contributed by atoms with Gasteiger partial charge in [-0.05, 0) is 82.6 Å². The average Bonchev–Trinajstić information content (AvgIpc) is 2.47. The molecule has 0 aromatic heterocycles. The van der Waals surface area contributed by atoms with Gasteiger partial charge in [-0.25, -0.2) is 4.79 Å². The number of hydrogen-bond acceptors (Lipinski definition) is 3. The number of ether oxygens (including phenoxy) is 1. The molecule has 1 spiro atoms. The Kier molecular flexibility index (Phi) is 4.93. The molecule has 5 heteroatoms. The number of rotatable bonds is 2. The van der Waals surface area contributed by atoms with Crippen LogP contribution < -0.4 is 5.32 Å². The van der Waals surface area contributed by atoms with E-state index >= 15 is 0 Å². The molecule has 1 N–H and O–H groups in total. The average molecular weight is 365 g/mol. The van der Waals surface area contributed by atoms with Crippen molar-refractivity contribution < 1.29 is 9.53 Å². The molecule has 1 saturated heterocycles. The highest BCUT2D eigenvalue weighted by molar-refractivity contribution is 6.30. The molecule has 0 atom stereocenters. The van der Waals surface area contributed by atoms with Crippen LogP contribution in [0.5, 0.6) is 0 Å². The molecule has 2 fully saturated rings. The van der Waals surface area contributed by atoms with Gasteiger partial charge in [-0.1, -0.05) is 11.6 Å². The van der Waals surface area contributed by atoms with Gasteiger partial charge in [0.05, 0.1) is 0 Å². The van der Waals surface area contributed by atoms with Gasteiger partial charge in [0.2, 0.25) is 0 Å². The fraction of sp³-hybridized carbons (Fsp3) is 0.650. The maximum Gasteiger partial charge on any atom is 0.410 e. The monoisotopic (exact) mass is 364 g/mol. The lowest BCUT2D eigenvalue weighted by Crippen LogP contribution is -2.53. The van der Waals surface area contributed by atoms with E-state index in [0.717, 1.165) is 31.0 Å². The number of likely N-dealkylation sites (tertiary alicyclic amines) is 1. The van der Waals surface area contributed by atoms with Crippen molar-refractivity contribution in [2.24, 2.45) is 5.41 Å². The van der Waals surface area contributed by atoms with Crippen LogP contribution in [0.2, 0.25) is 5.02 Å². The number of piperidine rings is 1. The predicted octanol–water partition coefficient (Wildman–Crippen LogP) is 5.24. The van der Waals surface area contributed by atoms with Gasteiger partial charge in [-0.15, -0.1) is 0 Å². The van der Waals surface area contributed by atoms with Crippen LogP contribution in [-0.4, -0.2) is 35.7 Å². The summed E-state index contributed by atoms with van der Waals surface area (Å²) in [5, 5.41) is 4.43. The van der Waals surface area contributed by atoms with Gasteiger partial charge in [0.1, 0.15) is 5.60 Å². The minimum atomic E-state index is -0.422. The van der Waals surface area contributed by atoms with E-state index in [9.17, 15) is 4.79 Å². The second kappa shape index (κ2) is 6.71. The highest BCUT2D eigenvalue weighted by Gasteiger charge is 2.46. The van der Waals surface area contributed by atoms with E-state index in [1.165, 1.54) is 24.1 Å². The first-order chi connectivity index (χ1) is 11.7. The van der Waals surface area contributed by atoms with Crippen LogP contribution in [0.25, 0.3) is 0 Å². The summed E-state index contributed by atoms with van der Waals surface area (Å²) in [7, 11) is 0. The molecule has 1 aromatic carbocycles. The van der Waals surface area contributed by atoms with Crippen LogP contribution in [0, 0.1) is 12.3 Å². The molecule has 1 aliphatic carbocycles. The number of hydrogen-bond donors (Lipinski definition) is 1. The van der Waals surface area contributed by atoms with Crippen molar-refractivity contribution in [2.75, 3.05) is 18.4 Å². The van der Waals surface area contributed by atoms with Crippen molar-refractivity contribution in [2.45, 2.75) is 65.0 Å². The van der Waals surface area contributed by atoms with Crippen LogP contribution in [-0.2, 0) is 4.74 Å². The standard InChI is InChI=1S/C20H29ClN2O2/c1-14-11-15(21)5-6-17(14)22-16-12-20(13-16)7-9-23(10-8-20)18(24)25-19(2,3)4/h5-6,11,16,22H,7-10,12-13H2,1-4H3. The fourth-order valence-corrected chi connectivity index (χ4v) is 4.22. The van der Waals surface area contributed by atoms with E-state index in [-0.39, 0.29) is 6.09 Å². The third-order valence-electron chi connectivity index (χ3n) is 5.38. The van der Waals surface area contributed by atoms with Crippen LogP contribution >= 0.6 is 11.6 Å². The molecule has 1 aromatic rings. The number of anilines is 1. The van der Waals surface area contributed by atoms with E-state index in [2.05, 4.69) is 18.3 Å². The van der Waals surface area contributed by atoms with Crippen molar-refractivity contribution >= 4 is 23.4 Å². The Labute approximate surface area is 155 Å². The lowest BCUT2D eigenvalue weighted by Gasteiger charge is -2.52. The zero-order valence-corrected chi connectivity index (χ0v) is 16.4. The Morgan fingerprint density at radius 2 is 1.92 bits per heavy atom. The first-order valence-corrected chi connectivity index (χ1v) is 9.54. The quantitative estimate of drug-likeness (QED) is 0.780. The first-order valence-electron chi connectivity index (χ1n) is 9.16. The van der Waals surface area contributed by atoms with Gasteiger partial charge >= 0.3 is 6.09 Å². The molecule has 25 heavy (non-hydrogen) atoms. The number of nitrogens with one attached hydrogen (secondary N) is 1. The topological polar surface area (TPSA) is 41.6 Å². The summed E-state index contributed by atoms with van der Waals surface area (Å²) in [5.74, 6) is 0. The Morgan fingerprint density at radius 3 is 2.48 bits per heavy atom. The Balaban J connectivity index is 1.47. The second-order valence-electron chi connectivity index (χ2n) is 8.68. The van der Waals surface area contributed by atoms with Crippen molar-refractivity contribution in [3.63, 3.8) is 0 Å². The van der Waals surface area contributed by atoms with Gasteiger partial charge < -0.3 is 15.0 Å². The normalized spacial score (nSPS) is 20.3. The molecule has 138 valence electrons. The minimum Gasteiger partial charge on any atom is -0.444 e. The van der Waals surface area contributed by atoms with Gasteiger partial charge in [-0.2, -0.15) is 0 Å². The molecule has 4 nitrogen and oxygen atoms in total. The largest absolute Gasteiger partial charge is 0.444 e. The Hall–Kier alpha value is -1.42. The first kappa shape index (κ1) is 18.4. The highest BCUT2D eigenvalue weighted by atomic mass is 35.5. The van der Waals surface area contributed by atoms with Crippen LogP contribution in [0.4, 0.5) is 10.5 Å². The smallest absolute Gasteiger partial charge is 0.410 e. The molecule has 0 radical (unpaired) electrons. The third kappa shape index (κ3) is 4.41. The maximum atomic E-state index is 12.2. The number of nitrogens with zero attached hydrogens (tertiary/aromatic N) is 1. The molecule has 0 bridgehead atoms. The van der Waals surface area contributed by atoms with Crippen LogP contribution in [0.3, 0.4) is 0 Å². The number of halogens is 1. The molecule has 3 rings (SSSR count). The second-order valence-corrected chi connectivity index (χ2v) is 9.11. The number of aryl methyl sites for hydroxylation is 1. The van der Waals surface area contributed by atoms with Crippen molar-refractivity contribution in [1.82, 2.24) is 4.90 Å². The number of benzene rings is 1. The van der Waals surface area contributed by atoms with Crippen molar-refractivity contribution in [3.05, 3.63) is 28.8 Å². The summed E-state index contributed by atoms with van der Waals surface area (Å²) in [4.78, 5) is 14.0. The molecule has 1 aliphatic heterocycles. The van der Waals surface area contributed by atoms with Crippen molar-refractivity contribution in [3.8, 4) is 0 Å².